The maximum atomic E-state index is 13.4. The predicted molar refractivity (Wildman–Crippen MR) is 142 cm³/mol. The first-order valence-electron chi connectivity index (χ1n) is 11.1. The number of carbonyl (C=O) groups is 1. The molecule has 1 amide bonds. The van der Waals surface area contributed by atoms with Crippen molar-refractivity contribution < 1.29 is 13.2 Å². The third-order valence-corrected chi connectivity index (χ3v) is 10.5. The van der Waals surface area contributed by atoms with Crippen molar-refractivity contribution in [2.24, 2.45) is 0 Å². The lowest BCUT2D eigenvalue weighted by Gasteiger charge is -2.33. The Labute approximate surface area is 211 Å². The van der Waals surface area contributed by atoms with Gasteiger partial charge in [0.2, 0.25) is 5.91 Å². The highest BCUT2D eigenvalue weighted by Crippen LogP contribution is 2.34. The lowest BCUT2D eigenvalue weighted by Crippen LogP contribution is -2.47. The average Bonchev–Trinajstić information content (AvgIpc) is 3.54. The maximum Gasteiger partial charge on any atom is 0.263 e. The molecule has 11 heteroatoms. The zero-order valence-corrected chi connectivity index (χ0v) is 22.4. The summed E-state index contributed by atoms with van der Waals surface area (Å²) in [6, 6.07) is 3.57. The number of aromatic nitrogens is 2. The molecule has 0 radical (unpaired) electrons. The van der Waals surface area contributed by atoms with Gasteiger partial charge in [-0.15, -0.1) is 29.3 Å². The Morgan fingerprint density at radius 3 is 2.85 bits per heavy atom. The molecule has 0 aliphatic carbocycles. The molecule has 0 saturated carbocycles. The van der Waals surface area contributed by atoms with Crippen LogP contribution in [-0.2, 0) is 21.2 Å². The summed E-state index contributed by atoms with van der Waals surface area (Å²) in [5.41, 5.74) is 0.730. The Bertz CT molecular complexity index is 1360. The predicted octanol–water partition coefficient (Wildman–Crippen LogP) is 4.28. The van der Waals surface area contributed by atoms with E-state index in [0.29, 0.717) is 21.8 Å². The third kappa shape index (κ3) is 5.02. The second-order valence-electron chi connectivity index (χ2n) is 8.31. The van der Waals surface area contributed by atoms with Crippen molar-refractivity contribution in [3.63, 3.8) is 0 Å². The lowest BCUT2D eigenvalue weighted by atomic mass is 10.1. The highest BCUT2D eigenvalue weighted by Gasteiger charge is 2.36. The quantitative estimate of drug-likeness (QED) is 0.230. The summed E-state index contributed by atoms with van der Waals surface area (Å²) in [4.78, 5) is 34.8. The molecule has 1 saturated heterocycles. The van der Waals surface area contributed by atoms with E-state index in [1.54, 1.807) is 26.9 Å². The molecule has 1 fully saturated rings. The molecule has 0 aromatic carbocycles. The standard InChI is InChI=1S/C23H27N3O4S4/c1-4-9-25-22(28)20-17(18-7-6-10-31-18)12-32-21(20)24-23(25)33-13-19(27)26(15(3)5-2)16-8-11-34(29,30)14-16/h4,6-7,10,12,15-16H,1,5,8-9,11,13-14H2,2-3H3. The van der Waals surface area contributed by atoms with Gasteiger partial charge in [-0.3, -0.25) is 14.2 Å². The van der Waals surface area contributed by atoms with Crippen LogP contribution in [0.2, 0.25) is 0 Å². The molecule has 4 rings (SSSR count). The molecule has 1 aliphatic heterocycles. The number of fused-ring (bicyclic) bond motifs is 1. The topological polar surface area (TPSA) is 89.3 Å². The Hall–Kier alpha value is -1.95. The van der Waals surface area contributed by atoms with Crippen LogP contribution in [0.3, 0.4) is 0 Å². The minimum absolute atomic E-state index is 0.0137. The van der Waals surface area contributed by atoms with Gasteiger partial charge in [-0.05, 0) is 31.2 Å². The summed E-state index contributed by atoms with van der Waals surface area (Å²) in [5, 5.41) is 4.98. The molecule has 1 aliphatic rings. The van der Waals surface area contributed by atoms with Gasteiger partial charge in [0.05, 0.1) is 22.6 Å². The van der Waals surface area contributed by atoms with Crippen LogP contribution in [0.15, 0.2) is 45.5 Å². The van der Waals surface area contributed by atoms with Crippen molar-refractivity contribution in [1.29, 1.82) is 0 Å². The molecule has 3 aromatic rings. The number of nitrogens with zero attached hydrogens (tertiary/aromatic N) is 3. The number of amides is 1. The Morgan fingerprint density at radius 2 is 2.24 bits per heavy atom. The fourth-order valence-electron chi connectivity index (χ4n) is 4.22. The van der Waals surface area contributed by atoms with Gasteiger partial charge in [-0.25, -0.2) is 13.4 Å². The van der Waals surface area contributed by atoms with Crippen molar-refractivity contribution in [2.75, 3.05) is 17.3 Å². The molecule has 7 nitrogen and oxygen atoms in total. The van der Waals surface area contributed by atoms with Crippen LogP contribution >= 0.6 is 34.4 Å². The van der Waals surface area contributed by atoms with Gasteiger partial charge >= 0.3 is 0 Å². The smallest absolute Gasteiger partial charge is 0.263 e. The zero-order chi connectivity index (χ0) is 24.5. The van der Waals surface area contributed by atoms with Crippen molar-refractivity contribution in [3.05, 3.63) is 45.9 Å². The molecular weight excluding hydrogens is 511 g/mol. The number of thiophene rings is 2. The first-order chi connectivity index (χ1) is 16.3. The van der Waals surface area contributed by atoms with Gasteiger partial charge in [-0.2, -0.15) is 0 Å². The molecule has 0 N–H and O–H groups in total. The first kappa shape index (κ1) is 25.2. The van der Waals surface area contributed by atoms with Gasteiger partial charge in [0, 0.05) is 34.4 Å². The summed E-state index contributed by atoms with van der Waals surface area (Å²) in [6.07, 6.45) is 2.85. The van der Waals surface area contributed by atoms with Crippen LogP contribution in [-0.4, -0.2) is 58.1 Å². The van der Waals surface area contributed by atoms with Gasteiger partial charge in [0.1, 0.15) is 4.83 Å². The summed E-state index contributed by atoms with van der Waals surface area (Å²) in [6.45, 7) is 8.00. The zero-order valence-electron chi connectivity index (χ0n) is 19.1. The normalized spacial score (nSPS) is 18.2. The number of carbonyl (C=O) groups excluding carboxylic acids is 1. The lowest BCUT2D eigenvalue weighted by molar-refractivity contribution is -0.132. The number of thioether (sulfide) groups is 1. The van der Waals surface area contributed by atoms with Crippen molar-refractivity contribution >= 4 is 60.4 Å². The van der Waals surface area contributed by atoms with Crippen molar-refractivity contribution in [3.8, 4) is 10.4 Å². The number of hydrogen-bond acceptors (Lipinski definition) is 8. The van der Waals surface area contributed by atoms with Gasteiger partial charge in [0.15, 0.2) is 15.0 Å². The molecule has 182 valence electrons. The second kappa shape index (κ2) is 10.3. The number of allylic oxidation sites excluding steroid dienone is 1. The van der Waals surface area contributed by atoms with Crippen molar-refractivity contribution in [2.45, 2.75) is 50.5 Å². The van der Waals surface area contributed by atoms with Gasteiger partial charge < -0.3 is 4.90 Å². The van der Waals surface area contributed by atoms with Gasteiger partial charge in [-0.1, -0.05) is 30.8 Å². The van der Waals surface area contributed by atoms with E-state index in [1.165, 1.54) is 23.1 Å². The largest absolute Gasteiger partial charge is 0.335 e. The van der Waals surface area contributed by atoms with Crippen LogP contribution in [0.25, 0.3) is 20.7 Å². The van der Waals surface area contributed by atoms with Crippen LogP contribution in [0.1, 0.15) is 26.7 Å². The molecule has 34 heavy (non-hydrogen) atoms. The summed E-state index contributed by atoms with van der Waals surface area (Å²) >= 11 is 4.21. The van der Waals surface area contributed by atoms with Crippen LogP contribution in [0, 0.1) is 0 Å². The van der Waals surface area contributed by atoms with E-state index in [4.69, 9.17) is 4.98 Å². The SMILES string of the molecule is C=CCn1c(SCC(=O)N(C(C)CC)C2CCS(=O)(=O)C2)nc2scc(-c3cccs3)c2c1=O. The van der Waals surface area contributed by atoms with E-state index in [2.05, 4.69) is 6.58 Å². The maximum absolute atomic E-state index is 13.4. The van der Waals surface area contributed by atoms with Crippen molar-refractivity contribution in [1.82, 2.24) is 14.5 Å². The number of sulfone groups is 1. The summed E-state index contributed by atoms with van der Waals surface area (Å²) < 4.78 is 25.6. The number of rotatable bonds is 9. The molecule has 2 unspecified atom stereocenters. The molecule has 0 bridgehead atoms. The average molecular weight is 538 g/mol. The Morgan fingerprint density at radius 1 is 1.44 bits per heavy atom. The fraction of sp³-hybridized carbons (Fsp3) is 0.435. The monoisotopic (exact) mass is 537 g/mol. The van der Waals surface area contributed by atoms with E-state index in [9.17, 15) is 18.0 Å². The van der Waals surface area contributed by atoms with E-state index in [0.717, 1.165) is 16.9 Å². The third-order valence-electron chi connectivity index (χ3n) is 6.04. The molecule has 3 aromatic heterocycles. The van der Waals surface area contributed by atoms with Gasteiger partial charge in [0.25, 0.3) is 5.56 Å². The van der Waals surface area contributed by atoms with Crippen LogP contribution < -0.4 is 5.56 Å². The highest BCUT2D eigenvalue weighted by molar-refractivity contribution is 7.99. The molecular formula is C23H27N3O4S4. The van der Waals surface area contributed by atoms with Crippen LogP contribution in [0.4, 0.5) is 0 Å². The Balaban J connectivity index is 1.63. The van der Waals surface area contributed by atoms with Crippen LogP contribution in [0.5, 0.6) is 0 Å². The number of hydrogen-bond donors (Lipinski definition) is 0. The minimum atomic E-state index is -3.11. The molecule has 0 spiro atoms. The van der Waals surface area contributed by atoms with E-state index >= 15 is 0 Å². The molecule has 4 heterocycles. The summed E-state index contributed by atoms with van der Waals surface area (Å²) in [7, 11) is -3.11. The highest BCUT2D eigenvalue weighted by atomic mass is 32.2. The molecule has 2 atom stereocenters. The van der Waals surface area contributed by atoms with E-state index in [-0.39, 0.29) is 47.4 Å². The first-order valence-corrected chi connectivity index (χ1v) is 15.6. The van der Waals surface area contributed by atoms with E-state index < -0.39 is 9.84 Å². The minimum Gasteiger partial charge on any atom is -0.335 e. The van der Waals surface area contributed by atoms with E-state index in [1.807, 2.05) is 36.7 Å². The second-order valence-corrected chi connectivity index (χ2v) is 13.3. The summed E-state index contributed by atoms with van der Waals surface area (Å²) in [5.74, 6) is 0.0814. The fourth-order valence-corrected chi connectivity index (χ4v) is 8.61. The Kier molecular flexibility index (Phi) is 7.66.